The molecule has 0 aliphatic heterocycles. The molecular weight excluding hydrogens is 224 g/mol. The van der Waals surface area contributed by atoms with Gasteiger partial charge in [0.05, 0.1) is 6.10 Å². The summed E-state index contributed by atoms with van der Waals surface area (Å²) in [6.45, 7) is 6.39. The highest BCUT2D eigenvalue weighted by Gasteiger charge is 2.51. The molecule has 0 heterocycles. The second-order valence-corrected chi connectivity index (χ2v) is 6.97. The van der Waals surface area contributed by atoms with Gasteiger partial charge in [0, 0.05) is 6.42 Å². The van der Waals surface area contributed by atoms with E-state index in [2.05, 4.69) is 13.8 Å². The summed E-state index contributed by atoms with van der Waals surface area (Å²) >= 11 is 0. The van der Waals surface area contributed by atoms with Crippen LogP contribution in [0.2, 0.25) is 0 Å². The fourth-order valence-corrected chi connectivity index (χ4v) is 4.76. The van der Waals surface area contributed by atoms with Crippen molar-refractivity contribution in [1.82, 2.24) is 0 Å². The van der Waals surface area contributed by atoms with E-state index in [1.807, 2.05) is 0 Å². The summed E-state index contributed by atoms with van der Waals surface area (Å²) in [7, 11) is 0. The number of Topliss-reactive ketones (excluding diaryl/α,β-unsaturated/α-hetero) is 1. The molecule has 0 radical (unpaired) electrons. The third-order valence-electron chi connectivity index (χ3n) is 5.80. The minimum Gasteiger partial charge on any atom is -0.393 e. The lowest BCUT2D eigenvalue weighted by molar-refractivity contribution is -0.117. The van der Waals surface area contributed by atoms with Crippen LogP contribution in [-0.4, -0.2) is 17.0 Å². The average Bonchev–Trinajstić information content (AvgIpc) is 2.64. The highest BCUT2D eigenvalue weighted by Crippen LogP contribution is 2.58. The highest BCUT2D eigenvalue weighted by molar-refractivity contribution is 5.75. The largest absolute Gasteiger partial charge is 0.393 e. The van der Waals surface area contributed by atoms with Crippen molar-refractivity contribution in [3.05, 3.63) is 0 Å². The molecule has 2 aliphatic rings. The summed E-state index contributed by atoms with van der Waals surface area (Å²) in [6, 6.07) is 0. The maximum absolute atomic E-state index is 11.1. The molecule has 5 unspecified atom stereocenters. The van der Waals surface area contributed by atoms with E-state index >= 15 is 0 Å². The van der Waals surface area contributed by atoms with E-state index in [1.54, 1.807) is 6.92 Å². The van der Waals surface area contributed by atoms with Gasteiger partial charge in [0.2, 0.25) is 0 Å². The van der Waals surface area contributed by atoms with Gasteiger partial charge in [-0.25, -0.2) is 0 Å². The number of aliphatic hydroxyl groups is 1. The number of carbonyl (C=O) groups excluding carboxylic acids is 1. The molecular formula is C16H28O2. The summed E-state index contributed by atoms with van der Waals surface area (Å²) in [4.78, 5) is 11.1. The second kappa shape index (κ2) is 5.32. The molecule has 18 heavy (non-hydrogen) atoms. The Morgan fingerprint density at radius 3 is 2.78 bits per heavy atom. The Balaban J connectivity index is 2.03. The summed E-state index contributed by atoms with van der Waals surface area (Å²) in [5, 5.41) is 10.2. The van der Waals surface area contributed by atoms with Crippen molar-refractivity contribution in [2.24, 2.45) is 23.2 Å². The first kappa shape index (κ1) is 14.0. The van der Waals surface area contributed by atoms with Crippen molar-refractivity contribution >= 4 is 5.78 Å². The summed E-state index contributed by atoms with van der Waals surface area (Å²) in [6.07, 6.45) is 7.54. The lowest BCUT2D eigenvalue weighted by Gasteiger charge is -2.45. The third kappa shape index (κ3) is 2.49. The van der Waals surface area contributed by atoms with Crippen molar-refractivity contribution in [3.63, 3.8) is 0 Å². The number of fused-ring (bicyclic) bond motifs is 1. The van der Waals surface area contributed by atoms with Crippen molar-refractivity contribution in [2.45, 2.75) is 71.8 Å². The zero-order valence-electron chi connectivity index (χ0n) is 12.1. The Bertz CT molecular complexity index is 312. The van der Waals surface area contributed by atoms with E-state index in [0.29, 0.717) is 29.0 Å². The molecule has 2 nitrogen and oxygen atoms in total. The Hall–Kier alpha value is -0.370. The molecule has 0 spiro atoms. The monoisotopic (exact) mass is 252 g/mol. The predicted octanol–water partition coefficient (Wildman–Crippen LogP) is 3.57. The molecule has 2 heteroatoms. The molecule has 0 aromatic carbocycles. The van der Waals surface area contributed by atoms with Crippen LogP contribution in [0.25, 0.3) is 0 Å². The summed E-state index contributed by atoms with van der Waals surface area (Å²) < 4.78 is 0. The first-order valence-corrected chi connectivity index (χ1v) is 7.62. The van der Waals surface area contributed by atoms with Gasteiger partial charge >= 0.3 is 0 Å². The molecule has 0 aromatic rings. The van der Waals surface area contributed by atoms with Crippen LogP contribution in [0.3, 0.4) is 0 Å². The molecule has 0 amide bonds. The number of carbonyl (C=O) groups is 1. The van der Waals surface area contributed by atoms with Crippen molar-refractivity contribution in [3.8, 4) is 0 Å². The first-order valence-electron chi connectivity index (χ1n) is 7.62. The van der Waals surface area contributed by atoms with E-state index in [-0.39, 0.29) is 6.10 Å². The molecule has 104 valence electrons. The number of ketones is 1. The predicted molar refractivity (Wildman–Crippen MR) is 73.3 cm³/mol. The minimum absolute atomic E-state index is 0.0752. The van der Waals surface area contributed by atoms with Gasteiger partial charge in [-0.15, -0.1) is 0 Å². The van der Waals surface area contributed by atoms with Gasteiger partial charge in [0.15, 0.2) is 0 Å². The van der Waals surface area contributed by atoms with Gasteiger partial charge in [0.1, 0.15) is 5.78 Å². The Morgan fingerprint density at radius 1 is 1.39 bits per heavy atom. The van der Waals surface area contributed by atoms with Gasteiger partial charge in [0.25, 0.3) is 0 Å². The Kier molecular flexibility index (Phi) is 4.15. The fraction of sp³-hybridized carbons (Fsp3) is 0.938. The van der Waals surface area contributed by atoms with Crippen molar-refractivity contribution < 1.29 is 9.90 Å². The maximum atomic E-state index is 11.1. The van der Waals surface area contributed by atoms with Crippen molar-refractivity contribution in [1.29, 1.82) is 0 Å². The molecule has 0 bridgehead atoms. The Labute approximate surface area is 111 Å². The van der Waals surface area contributed by atoms with Gasteiger partial charge in [-0.2, -0.15) is 0 Å². The number of hydrogen-bond donors (Lipinski definition) is 1. The molecule has 0 saturated heterocycles. The van der Waals surface area contributed by atoms with Crippen LogP contribution in [0.4, 0.5) is 0 Å². The van der Waals surface area contributed by atoms with E-state index in [9.17, 15) is 9.90 Å². The maximum Gasteiger partial charge on any atom is 0.129 e. The molecule has 2 rings (SSSR count). The van der Waals surface area contributed by atoms with Crippen LogP contribution in [0.15, 0.2) is 0 Å². The average molecular weight is 252 g/mol. The van der Waals surface area contributed by atoms with E-state index in [0.717, 1.165) is 19.3 Å². The fourth-order valence-electron chi connectivity index (χ4n) is 4.76. The quantitative estimate of drug-likeness (QED) is 0.830. The molecule has 2 fully saturated rings. The van der Waals surface area contributed by atoms with E-state index in [1.165, 1.54) is 25.7 Å². The number of hydrogen-bond acceptors (Lipinski definition) is 2. The van der Waals surface area contributed by atoms with Crippen molar-refractivity contribution in [2.75, 3.05) is 0 Å². The lowest BCUT2D eigenvalue weighted by Crippen LogP contribution is -2.41. The van der Waals surface area contributed by atoms with Crippen LogP contribution in [0, 0.1) is 23.2 Å². The van der Waals surface area contributed by atoms with Gasteiger partial charge in [-0.05, 0) is 62.2 Å². The van der Waals surface area contributed by atoms with Crippen LogP contribution < -0.4 is 0 Å². The van der Waals surface area contributed by atoms with E-state index in [4.69, 9.17) is 0 Å². The lowest BCUT2D eigenvalue weighted by atomic mass is 9.61. The standard InChI is InChI=1S/C16H28O2/c1-11(6-7-12(2)17)13-8-9-14-15(18)5-4-10-16(13,14)3/h11,13-15,18H,4-10H2,1-3H3. The smallest absolute Gasteiger partial charge is 0.129 e. The molecule has 1 N–H and O–H groups in total. The molecule has 2 aliphatic carbocycles. The second-order valence-electron chi connectivity index (χ2n) is 6.97. The van der Waals surface area contributed by atoms with Gasteiger partial charge in [-0.1, -0.05) is 20.3 Å². The van der Waals surface area contributed by atoms with E-state index < -0.39 is 0 Å². The van der Waals surface area contributed by atoms with Crippen LogP contribution in [-0.2, 0) is 4.79 Å². The highest BCUT2D eigenvalue weighted by atomic mass is 16.3. The zero-order chi connectivity index (χ0) is 13.3. The molecule has 0 aromatic heterocycles. The molecule has 5 atom stereocenters. The van der Waals surface area contributed by atoms with Crippen LogP contribution >= 0.6 is 0 Å². The normalized spacial score (nSPS) is 41.4. The Morgan fingerprint density at radius 2 is 2.11 bits per heavy atom. The number of rotatable bonds is 4. The number of aliphatic hydroxyl groups excluding tert-OH is 1. The third-order valence-corrected chi connectivity index (χ3v) is 5.80. The SMILES string of the molecule is CC(=O)CCC(C)C1CCC2C(O)CCCC12C. The first-order chi connectivity index (χ1) is 8.45. The zero-order valence-corrected chi connectivity index (χ0v) is 12.1. The van der Waals surface area contributed by atoms with Gasteiger partial charge < -0.3 is 9.90 Å². The summed E-state index contributed by atoms with van der Waals surface area (Å²) in [5.41, 5.74) is 0.327. The minimum atomic E-state index is -0.0752. The van der Waals surface area contributed by atoms with Crippen LogP contribution in [0.1, 0.15) is 65.7 Å². The summed E-state index contributed by atoms with van der Waals surface area (Å²) in [5.74, 6) is 2.15. The molecule has 2 saturated carbocycles. The van der Waals surface area contributed by atoms with Crippen LogP contribution in [0.5, 0.6) is 0 Å². The van der Waals surface area contributed by atoms with Gasteiger partial charge in [-0.3, -0.25) is 0 Å². The topological polar surface area (TPSA) is 37.3 Å².